The maximum absolute atomic E-state index is 14.3. The molecule has 0 unspecified atom stereocenters. The van der Waals surface area contributed by atoms with E-state index in [9.17, 15) is 17.6 Å². The van der Waals surface area contributed by atoms with Crippen molar-refractivity contribution in [2.24, 2.45) is 0 Å². The SMILES string of the molecule is COc1c(NS(=O)(=O)c2ccccc2)c(Nc2ccc(I)cc2F)[nH]c(=O)c1C. The number of rotatable bonds is 6. The molecule has 3 aromatic rings. The molecule has 0 bridgehead atoms. The van der Waals surface area contributed by atoms with E-state index >= 15 is 0 Å². The third-order valence-corrected chi connectivity index (χ3v) is 6.12. The van der Waals surface area contributed by atoms with Crippen LogP contribution in [0.4, 0.5) is 21.6 Å². The van der Waals surface area contributed by atoms with Crippen LogP contribution >= 0.6 is 22.6 Å². The lowest BCUT2D eigenvalue weighted by molar-refractivity contribution is 0.413. The third-order valence-electron chi connectivity index (χ3n) is 4.08. The van der Waals surface area contributed by atoms with Crippen molar-refractivity contribution >= 4 is 49.8 Å². The number of aromatic nitrogens is 1. The smallest absolute Gasteiger partial charge is 0.262 e. The van der Waals surface area contributed by atoms with Crippen LogP contribution in [0.1, 0.15) is 5.56 Å². The Bertz CT molecular complexity index is 1210. The van der Waals surface area contributed by atoms with Gasteiger partial charge in [-0.3, -0.25) is 9.52 Å². The van der Waals surface area contributed by atoms with Crippen LogP contribution in [-0.4, -0.2) is 20.5 Å². The molecule has 2 aromatic carbocycles. The highest BCUT2D eigenvalue weighted by Gasteiger charge is 2.23. The van der Waals surface area contributed by atoms with E-state index in [1.165, 1.54) is 38.3 Å². The Labute approximate surface area is 180 Å². The summed E-state index contributed by atoms with van der Waals surface area (Å²) in [4.78, 5) is 14.9. The van der Waals surface area contributed by atoms with Gasteiger partial charge in [0.05, 0.1) is 23.3 Å². The van der Waals surface area contributed by atoms with Crippen molar-refractivity contribution in [3.8, 4) is 5.75 Å². The Morgan fingerprint density at radius 3 is 2.45 bits per heavy atom. The maximum Gasteiger partial charge on any atom is 0.262 e. The molecule has 29 heavy (non-hydrogen) atoms. The van der Waals surface area contributed by atoms with Gasteiger partial charge in [-0.2, -0.15) is 0 Å². The second kappa shape index (κ2) is 8.41. The molecule has 152 valence electrons. The van der Waals surface area contributed by atoms with Crippen LogP contribution in [0.2, 0.25) is 0 Å². The summed E-state index contributed by atoms with van der Waals surface area (Å²) < 4.78 is 48.3. The van der Waals surface area contributed by atoms with Crippen LogP contribution in [0.3, 0.4) is 0 Å². The topological polar surface area (TPSA) is 100 Å². The van der Waals surface area contributed by atoms with E-state index in [0.29, 0.717) is 3.57 Å². The highest BCUT2D eigenvalue weighted by atomic mass is 127. The first-order chi connectivity index (χ1) is 13.7. The van der Waals surface area contributed by atoms with E-state index < -0.39 is 21.4 Å². The van der Waals surface area contributed by atoms with Gasteiger partial charge in [-0.15, -0.1) is 0 Å². The molecular formula is C19H17FIN3O4S. The number of sulfonamides is 1. The molecule has 3 rings (SSSR count). The van der Waals surface area contributed by atoms with Crippen LogP contribution in [0, 0.1) is 16.3 Å². The van der Waals surface area contributed by atoms with Crippen molar-refractivity contribution in [1.82, 2.24) is 4.98 Å². The van der Waals surface area contributed by atoms with Gasteiger partial charge in [-0.05, 0) is 59.8 Å². The number of anilines is 3. The first-order valence-electron chi connectivity index (χ1n) is 8.33. The minimum Gasteiger partial charge on any atom is -0.494 e. The molecule has 0 atom stereocenters. The molecule has 1 aromatic heterocycles. The van der Waals surface area contributed by atoms with Crippen molar-refractivity contribution in [2.75, 3.05) is 17.1 Å². The molecule has 0 amide bonds. The number of hydrogen-bond acceptors (Lipinski definition) is 5. The Morgan fingerprint density at radius 1 is 1.14 bits per heavy atom. The fourth-order valence-electron chi connectivity index (χ4n) is 2.64. The van der Waals surface area contributed by atoms with Crippen LogP contribution in [0.25, 0.3) is 0 Å². The fourth-order valence-corrected chi connectivity index (χ4v) is 4.19. The standard InChI is InChI=1S/C19H17FIN3O4S/c1-11-17(28-2)16(24-29(26,27)13-6-4-3-5-7-13)18(23-19(11)25)22-15-9-8-12(21)10-14(15)20/h3-10,24H,1-2H3,(H2,22,23,25). The second-order valence-corrected chi connectivity index (χ2v) is 8.96. The van der Waals surface area contributed by atoms with E-state index in [4.69, 9.17) is 4.74 Å². The number of hydrogen-bond donors (Lipinski definition) is 3. The predicted molar refractivity (Wildman–Crippen MR) is 118 cm³/mol. The Balaban J connectivity index is 2.14. The molecule has 0 aliphatic heterocycles. The Morgan fingerprint density at radius 2 is 1.83 bits per heavy atom. The maximum atomic E-state index is 14.3. The molecule has 0 saturated carbocycles. The van der Waals surface area contributed by atoms with E-state index in [1.807, 2.05) is 22.6 Å². The molecule has 1 heterocycles. The number of halogens is 2. The van der Waals surface area contributed by atoms with Gasteiger partial charge in [0.15, 0.2) is 5.75 Å². The first-order valence-corrected chi connectivity index (χ1v) is 10.9. The number of ether oxygens (including phenoxy) is 1. The van der Waals surface area contributed by atoms with Crippen molar-refractivity contribution in [3.63, 3.8) is 0 Å². The zero-order valence-corrected chi connectivity index (χ0v) is 18.4. The number of pyridine rings is 1. The average molecular weight is 529 g/mol. The molecule has 0 aliphatic rings. The molecule has 7 nitrogen and oxygen atoms in total. The average Bonchev–Trinajstić information content (AvgIpc) is 2.68. The van der Waals surface area contributed by atoms with Gasteiger partial charge in [0.25, 0.3) is 15.6 Å². The largest absolute Gasteiger partial charge is 0.494 e. The lowest BCUT2D eigenvalue weighted by atomic mass is 10.2. The highest BCUT2D eigenvalue weighted by Crippen LogP contribution is 2.36. The van der Waals surface area contributed by atoms with Crippen LogP contribution < -0.4 is 20.3 Å². The summed E-state index contributed by atoms with van der Waals surface area (Å²) in [5, 5.41) is 2.74. The van der Waals surface area contributed by atoms with Crippen molar-refractivity contribution in [3.05, 3.63) is 73.8 Å². The summed E-state index contributed by atoms with van der Waals surface area (Å²) in [6.45, 7) is 1.49. The van der Waals surface area contributed by atoms with Gasteiger partial charge < -0.3 is 15.0 Å². The van der Waals surface area contributed by atoms with Crippen molar-refractivity contribution < 1.29 is 17.5 Å². The number of aromatic amines is 1. The molecule has 0 spiro atoms. The Kier molecular flexibility index (Phi) is 6.13. The van der Waals surface area contributed by atoms with E-state index in [1.54, 1.807) is 24.3 Å². The normalized spacial score (nSPS) is 11.2. The van der Waals surface area contributed by atoms with E-state index in [-0.39, 0.29) is 33.4 Å². The minimum atomic E-state index is -3.99. The van der Waals surface area contributed by atoms with Gasteiger partial charge in [-0.1, -0.05) is 18.2 Å². The first kappa shape index (κ1) is 21.1. The van der Waals surface area contributed by atoms with E-state index in [2.05, 4.69) is 15.0 Å². The summed E-state index contributed by atoms with van der Waals surface area (Å²) in [6, 6.07) is 12.2. The molecule has 10 heteroatoms. The predicted octanol–water partition coefficient (Wildman–Crippen LogP) is 3.98. The van der Waals surface area contributed by atoms with E-state index in [0.717, 1.165) is 0 Å². The summed E-state index contributed by atoms with van der Waals surface area (Å²) in [6.07, 6.45) is 0. The summed E-state index contributed by atoms with van der Waals surface area (Å²) in [7, 11) is -2.68. The van der Waals surface area contributed by atoms with Gasteiger partial charge in [-0.25, -0.2) is 12.8 Å². The summed E-state index contributed by atoms with van der Waals surface area (Å²) in [5.41, 5.74) is -0.302. The fraction of sp³-hybridized carbons (Fsp3) is 0.105. The lowest BCUT2D eigenvalue weighted by Gasteiger charge is -2.18. The van der Waals surface area contributed by atoms with Gasteiger partial charge in [0, 0.05) is 3.57 Å². The second-order valence-electron chi connectivity index (χ2n) is 6.03. The van der Waals surface area contributed by atoms with Gasteiger partial charge >= 0.3 is 0 Å². The zero-order valence-electron chi connectivity index (χ0n) is 15.4. The molecule has 3 N–H and O–H groups in total. The van der Waals surface area contributed by atoms with Crippen molar-refractivity contribution in [1.29, 1.82) is 0 Å². The van der Waals surface area contributed by atoms with Gasteiger partial charge in [0.1, 0.15) is 17.3 Å². The zero-order chi connectivity index (χ0) is 21.2. The molecule has 0 saturated heterocycles. The number of benzene rings is 2. The van der Waals surface area contributed by atoms with Crippen molar-refractivity contribution in [2.45, 2.75) is 11.8 Å². The van der Waals surface area contributed by atoms with Crippen LogP contribution in [0.5, 0.6) is 5.75 Å². The molecule has 0 fully saturated rings. The quantitative estimate of drug-likeness (QED) is 0.420. The van der Waals surface area contributed by atoms with Crippen LogP contribution in [0.15, 0.2) is 58.2 Å². The third kappa shape index (κ3) is 4.53. The molecule has 0 aliphatic carbocycles. The van der Waals surface area contributed by atoms with Crippen LogP contribution in [-0.2, 0) is 10.0 Å². The summed E-state index contributed by atoms with van der Waals surface area (Å²) >= 11 is 1.97. The number of methoxy groups -OCH3 is 1. The minimum absolute atomic E-state index is 0.0253. The number of nitrogens with one attached hydrogen (secondary N) is 3. The molecular weight excluding hydrogens is 512 g/mol. The monoisotopic (exact) mass is 529 g/mol. The molecule has 0 radical (unpaired) electrons. The lowest BCUT2D eigenvalue weighted by Crippen LogP contribution is -2.20. The summed E-state index contributed by atoms with van der Waals surface area (Å²) in [5.74, 6) is -0.576. The Hall–Kier alpha value is -2.60. The highest BCUT2D eigenvalue weighted by molar-refractivity contribution is 14.1. The van der Waals surface area contributed by atoms with Gasteiger partial charge in [0.2, 0.25) is 0 Å². The number of H-pyrrole nitrogens is 1.